The van der Waals surface area contributed by atoms with Gasteiger partial charge in [0.05, 0.1) is 26.4 Å². The third-order valence-corrected chi connectivity index (χ3v) is 8.09. The molecule has 0 spiro atoms. The van der Waals surface area contributed by atoms with Gasteiger partial charge in [0.2, 0.25) is 0 Å². The number of ether oxygens (including phenoxy) is 4. The Morgan fingerprint density at radius 3 is 1.19 bits per heavy atom. The van der Waals surface area contributed by atoms with Gasteiger partial charge in [-0.05, 0) is 65.2 Å². The Morgan fingerprint density at radius 2 is 0.905 bits per heavy atom. The normalized spacial score (nSPS) is 11.3. The molecular formula is C32H56N2O8. The highest BCUT2D eigenvalue weighted by molar-refractivity contribution is 5.87. The summed E-state index contributed by atoms with van der Waals surface area (Å²) >= 11 is 0. The molecule has 0 aliphatic rings. The molecule has 0 atom stereocenters. The molecule has 0 saturated heterocycles. The quantitative estimate of drug-likeness (QED) is 0.0582. The highest BCUT2D eigenvalue weighted by Gasteiger charge is 2.29. The van der Waals surface area contributed by atoms with Gasteiger partial charge in [0.1, 0.15) is 0 Å². The fraction of sp³-hybridized carbons (Fsp3) is 0.750. The van der Waals surface area contributed by atoms with E-state index in [2.05, 4.69) is 23.8 Å². The van der Waals surface area contributed by atoms with Crippen LogP contribution in [-0.4, -0.2) is 63.6 Å². The van der Waals surface area contributed by atoms with E-state index in [1.165, 1.54) is 0 Å². The summed E-state index contributed by atoms with van der Waals surface area (Å²) in [5.74, 6) is -0.809. The van der Waals surface area contributed by atoms with Crippen molar-refractivity contribution in [3.8, 4) is 0 Å². The van der Waals surface area contributed by atoms with E-state index in [0.29, 0.717) is 37.1 Å². The molecule has 0 aliphatic carbocycles. The van der Waals surface area contributed by atoms with Crippen molar-refractivity contribution < 1.29 is 38.1 Å². The summed E-state index contributed by atoms with van der Waals surface area (Å²) in [5, 5.41) is 5.53. The van der Waals surface area contributed by atoms with E-state index in [-0.39, 0.29) is 37.3 Å². The second-order valence-electron chi connectivity index (χ2n) is 11.2. The molecule has 0 fully saturated rings. The van der Waals surface area contributed by atoms with Crippen LogP contribution in [0.1, 0.15) is 106 Å². The molecule has 0 aliphatic heterocycles. The van der Waals surface area contributed by atoms with Gasteiger partial charge in [0, 0.05) is 35.1 Å². The van der Waals surface area contributed by atoms with E-state index in [4.69, 9.17) is 18.9 Å². The third kappa shape index (κ3) is 16.4. The second-order valence-corrected chi connectivity index (χ2v) is 11.2. The lowest BCUT2D eigenvalue weighted by molar-refractivity contribution is -0.144. The maximum absolute atomic E-state index is 12.0. The van der Waals surface area contributed by atoms with Crippen molar-refractivity contribution in [2.45, 2.75) is 106 Å². The minimum atomic E-state index is -0.455. The van der Waals surface area contributed by atoms with Crippen molar-refractivity contribution in [2.75, 3.05) is 39.5 Å². The number of amides is 2. The molecule has 2 amide bonds. The van der Waals surface area contributed by atoms with E-state index < -0.39 is 24.1 Å². The van der Waals surface area contributed by atoms with E-state index in [0.717, 1.165) is 51.4 Å². The lowest BCUT2D eigenvalue weighted by atomic mass is 9.80. The topological polar surface area (TPSA) is 129 Å². The van der Waals surface area contributed by atoms with Gasteiger partial charge >= 0.3 is 24.1 Å². The predicted octanol–water partition coefficient (Wildman–Crippen LogP) is 6.63. The van der Waals surface area contributed by atoms with E-state index >= 15 is 0 Å². The van der Waals surface area contributed by atoms with Gasteiger partial charge in [-0.3, -0.25) is 0 Å². The summed E-state index contributed by atoms with van der Waals surface area (Å²) in [6, 6.07) is 0. The Labute approximate surface area is 253 Å². The van der Waals surface area contributed by atoms with Crippen LogP contribution in [0.4, 0.5) is 9.59 Å². The third-order valence-electron chi connectivity index (χ3n) is 8.09. The fourth-order valence-electron chi connectivity index (χ4n) is 4.25. The summed E-state index contributed by atoms with van der Waals surface area (Å²) in [4.78, 5) is 47.6. The first kappa shape index (κ1) is 39.0. The van der Waals surface area contributed by atoms with Gasteiger partial charge in [-0.25, -0.2) is 19.2 Å². The van der Waals surface area contributed by atoms with Crippen LogP contribution in [0.25, 0.3) is 0 Å². The van der Waals surface area contributed by atoms with Gasteiger partial charge in [-0.2, -0.15) is 0 Å². The number of esters is 2. The lowest BCUT2D eigenvalue weighted by Gasteiger charge is -2.30. The highest BCUT2D eigenvalue weighted by Crippen LogP contribution is 2.32. The largest absolute Gasteiger partial charge is 0.462 e. The van der Waals surface area contributed by atoms with Gasteiger partial charge < -0.3 is 29.6 Å². The number of alkyl carbamates (subject to hydrolysis) is 2. The molecule has 42 heavy (non-hydrogen) atoms. The molecule has 10 nitrogen and oxygen atoms in total. The summed E-state index contributed by atoms with van der Waals surface area (Å²) in [6.45, 7) is 20.7. The Kier molecular flexibility index (Phi) is 20.1. The first-order valence-corrected chi connectivity index (χ1v) is 15.4. The molecular weight excluding hydrogens is 540 g/mol. The standard InChI is InChI=1S/C32H56N2O8/c1-9-31(10-2,23-41-27(35)25(5)6)17-21-39-29(37)33-19-15-13-14-16-20-34-30(38)40-22-18-32(11-3,12-4)24-42-28(36)26(7)8/h5,7,9-24H2,1-4,6,8H3,(H,33,37)(H,34,38). The Morgan fingerprint density at radius 1 is 0.571 bits per heavy atom. The van der Waals surface area contributed by atoms with E-state index in [9.17, 15) is 19.2 Å². The van der Waals surface area contributed by atoms with Crippen LogP contribution < -0.4 is 10.6 Å². The van der Waals surface area contributed by atoms with Crippen molar-refractivity contribution in [3.05, 3.63) is 24.3 Å². The Hall–Kier alpha value is -3.04. The van der Waals surface area contributed by atoms with Crippen LogP contribution in [-0.2, 0) is 28.5 Å². The zero-order valence-corrected chi connectivity index (χ0v) is 27.0. The monoisotopic (exact) mass is 596 g/mol. The van der Waals surface area contributed by atoms with Crippen LogP contribution in [0, 0.1) is 10.8 Å². The average Bonchev–Trinajstić information content (AvgIpc) is 2.97. The van der Waals surface area contributed by atoms with Crippen molar-refractivity contribution in [1.82, 2.24) is 10.6 Å². The van der Waals surface area contributed by atoms with Gasteiger partial charge in [0.25, 0.3) is 0 Å². The molecule has 0 heterocycles. The molecule has 0 aromatic rings. The fourth-order valence-corrected chi connectivity index (χ4v) is 4.25. The highest BCUT2D eigenvalue weighted by atomic mass is 16.6. The number of nitrogens with one attached hydrogen (secondary N) is 2. The second kappa shape index (κ2) is 21.6. The van der Waals surface area contributed by atoms with Crippen molar-refractivity contribution in [1.29, 1.82) is 0 Å². The Bertz CT molecular complexity index is 793. The number of carbonyl (C=O) groups is 4. The molecule has 0 saturated carbocycles. The van der Waals surface area contributed by atoms with Crippen LogP contribution in [0.2, 0.25) is 0 Å². The van der Waals surface area contributed by atoms with Crippen molar-refractivity contribution >= 4 is 24.1 Å². The van der Waals surface area contributed by atoms with Gasteiger partial charge in [-0.1, -0.05) is 53.7 Å². The molecule has 0 unspecified atom stereocenters. The van der Waals surface area contributed by atoms with E-state index in [1.807, 2.05) is 27.7 Å². The number of carbonyl (C=O) groups excluding carboxylic acids is 4. The summed E-state index contributed by atoms with van der Waals surface area (Å²) in [7, 11) is 0. The molecule has 0 aromatic heterocycles. The zero-order valence-electron chi connectivity index (χ0n) is 27.0. The first-order chi connectivity index (χ1) is 19.9. The molecule has 0 radical (unpaired) electrons. The summed E-state index contributed by atoms with van der Waals surface area (Å²) in [5.41, 5.74) is 0.264. The average molecular weight is 597 g/mol. The minimum Gasteiger partial charge on any atom is -0.462 e. The first-order valence-electron chi connectivity index (χ1n) is 15.4. The summed E-state index contributed by atoms with van der Waals surface area (Å²) in [6.07, 6.45) is 6.92. The molecule has 0 rings (SSSR count). The van der Waals surface area contributed by atoms with Gasteiger partial charge in [0.15, 0.2) is 0 Å². The smallest absolute Gasteiger partial charge is 0.407 e. The Balaban J connectivity index is 4.03. The van der Waals surface area contributed by atoms with Crippen LogP contribution in [0.5, 0.6) is 0 Å². The van der Waals surface area contributed by atoms with Crippen LogP contribution >= 0.6 is 0 Å². The van der Waals surface area contributed by atoms with Crippen molar-refractivity contribution in [3.63, 3.8) is 0 Å². The molecule has 10 heteroatoms. The van der Waals surface area contributed by atoms with E-state index in [1.54, 1.807) is 13.8 Å². The SMILES string of the molecule is C=C(C)C(=O)OCC(CC)(CC)CCOC(=O)NCCCCCCNC(=O)OCCC(CC)(CC)COC(=O)C(=C)C. The number of rotatable bonds is 23. The molecule has 242 valence electrons. The molecule has 2 N–H and O–H groups in total. The number of hydrogen-bond acceptors (Lipinski definition) is 8. The van der Waals surface area contributed by atoms with Gasteiger partial charge in [-0.15, -0.1) is 0 Å². The lowest BCUT2D eigenvalue weighted by Crippen LogP contribution is -2.31. The summed E-state index contributed by atoms with van der Waals surface area (Å²) < 4.78 is 21.4. The minimum absolute atomic E-state index is 0.234. The van der Waals surface area contributed by atoms with Crippen molar-refractivity contribution in [2.24, 2.45) is 10.8 Å². The van der Waals surface area contributed by atoms with Crippen LogP contribution in [0.3, 0.4) is 0 Å². The van der Waals surface area contributed by atoms with Crippen LogP contribution in [0.15, 0.2) is 24.3 Å². The maximum Gasteiger partial charge on any atom is 0.407 e. The molecule has 0 bridgehead atoms. The number of hydrogen-bond donors (Lipinski definition) is 2. The zero-order chi connectivity index (χ0) is 32.0. The molecule has 0 aromatic carbocycles. The predicted molar refractivity (Wildman–Crippen MR) is 164 cm³/mol. The maximum atomic E-state index is 12.0. The number of unbranched alkanes of at least 4 members (excludes halogenated alkanes) is 3.